The highest BCUT2D eigenvalue weighted by atomic mass is 19.4. The number of rotatable bonds is 4. The van der Waals surface area contributed by atoms with Crippen LogP contribution in [0.25, 0.3) is 10.4 Å². The molecule has 0 aliphatic rings. The highest BCUT2D eigenvalue weighted by molar-refractivity contribution is 5.97. The maximum Gasteiger partial charge on any atom is 0.417 e. The first-order valence-electron chi connectivity index (χ1n) is 5.78. The first-order chi connectivity index (χ1) is 10.1. The average Bonchev–Trinajstić information content (AvgIpc) is 2.44. The molecule has 22 heavy (non-hydrogen) atoms. The van der Waals surface area contributed by atoms with Gasteiger partial charge in [0, 0.05) is 10.6 Å². The van der Waals surface area contributed by atoms with E-state index in [-0.39, 0.29) is 5.69 Å². The number of halogens is 3. The SMILES string of the molecule is C[C@](O)(CN=[N+]=[N-])C(=O)Nc1ccc(C#N)c(C(F)(F)F)c1. The van der Waals surface area contributed by atoms with Crippen molar-refractivity contribution in [1.82, 2.24) is 0 Å². The van der Waals surface area contributed by atoms with Crippen molar-refractivity contribution in [1.29, 1.82) is 5.26 Å². The van der Waals surface area contributed by atoms with E-state index in [4.69, 9.17) is 10.8 Å². The molecule has 2 N–H and O–H groups in total. The van der Waals surface area contributed by atoms with E-state index in [9.17, 15) is 23.1 Å². The molecule has 10 heteroatoms. The molecular formula is C12H10F3N5O2. The van der Waals surface area contributed by atoms with Crippen molar-refractivity contribution in [2.24, 2.45) is 5.11 Å². The van der Waals surface area contributed by atoms with Gasteiger partial charge in [0.2, 0.25) is 0 Å². The number of hydrogen-bond donors (Lipinski definition) is 2. The second kappa shape index (κ2) is 6.34. The average molecular weight is 313 g/mol. The van der Waals surface area contributed by atoms with Crippen molar-refractivity contribution in [2.75, 3.05) is 11.9 Å². The molecule has 1 aromatic rings. The Hall–Kier alpha value is -2.76. The number of hydrogen-bond acceptors (Lipinski definition) is 4. The van der Waals surface area contributed by atoms with Crippen LogP contribution in [0.2, 0.25) is 0 Å². The number of nitrogens with one attached hydrogen (secondary N) is 1. The van der Waals surface area contributed by atoms with Gasteiger partial charge in [0.05, 0.1) is 23.7 Å². The Labute approximate surface area is 122 Å². The molecule has 0 bridgehead atoms. The minimum Gasteiger partial charge on any atom is -0.380 e. The number of aliphatic hydroxyl groups is 1. The predicted octanol–water partition coefficient (Wildman–Crippen LogP) is 2.58. The number of amides is 1. The summed E-state index contributed by atoms with van der Waals surface area (Å²) in [5.74, 6) is -1.04. The normalized spacial score (nSPS) is 13.5. The maximum atomic E-state index is 12.8. The van der Waals surface area contributed by atoms with E-state index in [1.807, 2.05) is 0 Å². The van der Waals surface area contributed by atoms with Gasteiger partial charge < -0.3 is 10.4 Å². The summed E-state index contributed by atoms with van der Waals surface area (Å²) in [6.07, 6.45) is -4.76. The zero-order chi connectivity index (χ0) is 17.0. The highest BCUT2D eigenvalue weighted by Gasteiger charge is 2.35. The zero-order valence-electron chi connectivity index (χ0n) is 11.2. The number of nitriles is 1. The second-order valence-electron chi connectivity index (χ2n) is 4.49. The van der Waals surface area contributed by atoms with Crippen LogP contribution in [0.1, 0.15) is 18.1 Å². The number of carbonyl (C=O) groups is 1. The van der Waals surface area contributed by atoms with Crippen LogP contribution in [0.15, 0.2) is 23.3 Å². The van der Waals surface area contributed by atoms with Crippen LogP contribution in [-0.4, -0.2) is 23.2 Å². The number of benzene rings is 1. The molecular weight excluding hydrogens is 303 g/mol. The Kier molecular flexibility index (Phi) is 4.98. The number of alkyl halides is 3. The fourth-order valence-electron chi connectivity index (χ4n) is 1.46. The van der Waals surface area contributed by atoms with Crippen LogP contribution in [0.5, 0.6) is 0 Å². The molecule has 1 amide bonds. The summed E-state index contributed by atoms with van der Waals surface area (Å²) in [6, 6.07) is 3.98. The largest absolute Gasteiger partial charge is 0.417 e. The Morgan fingerprint density at radius 3 is 2.68 bits per heavy atom. The molecule has 0 saturated heterocycles. The lowest BCUT2D eigenvalue weighted by Crippen LogP contribution is -2.42. The molecule has 0 saturated carbocycles. The van der Waals surface area contributed by atoms with Crippen LogP contribution < -0.4 is 5.32 Å². The lowest BCUT2D eigenvalue weighted by atomic mass is 10.0. The van der Waals surface area contributed by atoms with E-state index in [2.05, 4.69) is 15.3 Å². The molecule has 7 nitrogen and oxygen atoms in total. The topological polar surface area (TPSA) is 122 Å². The van der Waals surface area contributed by atoms with E-state index in [1.54, 1.807) is 0 Å². The summed E-state index contributed by atoms with van der Waals surface area (Å²) in [5, 5.41) is 23.5. The van der Waals surface area contributed by atoms with Crippen molar-refractivity contribution in [3.05, 3.63) is 39.8 Å². The number of carbonyl (C=O) groups excluding carboxylic acids is 1. The molecule has 0 fully saturated rings. The molecule has 0 radical (unpaired) electrons. The number of azide groups is 1. The molecule has 0 aliphatic heterocycles. The van der Waals surface area contributed by atoms with E-state index in [1.165, 1.54) is 6.07 Å². The van der Waals surface area contributed by atoms with Gasteiger partial charge in [-0.15, -0.1) is 0 Å². The highest BCUT2D eigenvalue weighted by Crippen LogP contribution is 2.33. The smallest absolute Gasteiger partial charge is 0.380 e. The van der Waals surface area contributed by atoms with Crippen molar-refractivity contribution in [3.8, 4) is 6.07 Å². The van der Waals surface area contributed by atoms with Gasteiger partial charge in [-0.2, -0.15) is 18.4 Å². The summed E-state index contributed by atoms with van der Waals surface area (Å²) in [6.45, 7) is 0.461. The lowest BCUT2D eigenvalue weighted by Gasteiger charge is -2.20. The summed E-state index contributed by atoms with van der Waals surface area (Å²) < 4.78 is 38.4. The van der Waals surface area contributed by atoms with Crippen molar-refractivity contribution in [3.63, 3.8) is 0 Å². The van der Waals surface area contributed by atoms with Crippen LogP contribution in [-0.2, 0) is 11.0 Å². The molecule has 0 aromatic heterocycles. The first kappa shape index (κ1) is 17.3. The van der Waals surface area contributed by atoms with Gasteiger partial charge in [0.15, 0.2) is 0 Å². The standard InChI is InChI=1S/C12H10F3N5O2/c1-11(22,6-18-20-17)10(21)19-8-3-2-7(5-16)9(4-8)12(13,14)15/h2-4,22H,6H2,1H3,(H,19,21)/t11-/m0/s1. The monoisotopic (exact) mass is 313 g/mol. The van der Waals surface area contributed by atoms with Gasteiger partial charge in [0.25, 0.3) is 5.91 Å². The summed E-state index contributed by atoms with van der Waals surface area (Å²) in [4.78, 5) is 14.1. The van der Waals surface area contributed by atoms with Gasteiger partial charge in [-0.3, -0.25) is 4.79 Å². The van der Waals surface area contributed by atoms with Crippen LogP contribution >= 0.6 is 0 Å². The minimum atomic E-state index is -4.76. The molecule has 0 aliphatic carbocycles. The van der Waals surface area contributed by atoms with Crippen LogP contribution in [0, 0.1) is 11.3 Å². The third-order valence-electron chi connectivity index (χ3n) is 2.63. The first-order valence-corrected chi connectivity index (χ1v) is 5.78. The molecule has 1 atom stereocenters. The van der Waals surface area contributed by atoms with Crippen molar-refractivity contribution >= 4 is 11.6 Å². The molecule has 0 spiro atoms. The second-order valence-corrected chi connectivity index (χ2v) is 4.49. The Bertz CT molecular complexity index is 672. The van der Waals surface area contributed by atoms with Gasteiger partial charge in [-0.1, -0.05) is 5.11 Å². The molecule has 1 aromatic carbocycles. The quantitative estimate of drug-likeness (QED) is 0.504. The van der Waals surface area contributed by atoms with E-state index < -0.39 is 35.4 Å². The molecule has 1 rings (SSSR count). The van der Waals surface area contributed by atoms with Crippen LogP contribution in [0.4, 0.5) is 18.9 Å². The molecule has 0 heterocycles. The van der Waals surface area contributed by atoms with Crippen molar-refractivity contribution < 1.29 is 23.1 Å². The summed E-state index contributed by atoms with van der Waals surface area (Å²) in [5.41, 5.74) is 4.01. The third kappa shape index (κ3) is 4.12. The Morgan fingerprint density at radius 1 is 1.55 bits per heavy atom. The minimum absolute atomic E-state index is 0.252. The fraction of sp³-hybridized carbons (Fsp3) is 0.333. The maximum absolute atomic E-state index is 12.8. The van der Waals surface area contributed by atoms with E-state index in [0.29, 0.717) is 6.07 Å². The van der Waals surface area contributed by atoms with E-state index >= 15 is 0 Å². The zero-order valence-corrected chi connectivity index (χ0v) is 11.2. The molecule has 0 unspecified atom stereocenters. The summed E-state index contributed by atoms with van der Waals surface area (Å²) in [7, 11) is 0. The van der Waals surface area contributed by atoms with Crippen molar-refractivity contribution in [2.45, 2.75) is 18.7 Å². The van der Waals surface area contributed by atoms with E-state index in [0.717, 1.165) is 19.1 Å². The summed E-state index contributed by atoms with van der Waals surface area (Å²) >= 11 is 0. The fourth-order valence-corrected chi connectivity index (χ4v) is 1.46. The molecule has 116 valence electrons. The number of anilines is 1. The van der Waals surface area contributed by atoms with Gasteiger partial charge >= 0.3 is 6.18 Å². The Morgan fingerprint density at radius 2 is 2.18 bits per heavy atom. The van der Waals surface area contributed by atoms with Gasteiger partial charge in [-0.05, 0) is 30.7 Å². The van der Waals surface area contributed by atoms with Gasteiger partial charge in [0.1, 0.15) is 5.60 Å². The lowest BCUT2D eigenvalue weighted by molar-refractivity contribution is -0.138. The van der Waals surface area contributed by atoms with Crippen LogP contribution in [0.3, 0.4) is 0 Å². The predicted molar refractivity (Wildman–Crippen MR) is 69.4 cm³/mol. The Balaban J connectivity index is 3.08. The number of nitrogens with zero attached hydrogens (tertiary/aromatic N) is 4. The third-order valence-corrected chi connectivity index (χ3v) is 2.63. The van der Waals surface area contributed by atoms with Gasteiger partial charge in [-0.25, -0.2) is 0 Å².